The van der Waals surface area contributed by atoms with E-state index in [9.17, 15) is 4.79 Å². The fraction of sp³-hybridized carbons (Fsp3) is 0.0952. The number of nitrogens with one attached hydrogen (secondary N) is 1. The van der Waals surface area contributed by atoms with Gasteiger partial charge in [-0.05, 0) is 24.1 Å². The molecule has 27 heavy (non-hydrogen) atoms. The molecule has 1 fully saturated rings. The van der Waals surface area contributed by atoms with Crippen LogP contribution in [0.15, 0.2) is 87.4 Å². The van der Waals surface area contributed by atoms with E-state index < -0.39 is 0 Å². The second-order valence-electron chi connectivity index (χ2n) is 6.00. The first kappa shape index (κ1) is 17.3. The van der Waals surface area contributed by atoms with Crippen LogP contribution >= 0.6 is 11.8 Å². The van der Waals surface area contributed by atoms with E-state index >= 15 is 0 Å². The number of carbonyl (C=O) groups is 1. The molecule has 1 aliphatic rings. The van der Waals surface area contributed by atoms with Crippen molar-refractivity contribution in [2.45, 2.75) is 11.7 Å². The van der Waals surface area contributed by atoms with Gasteiger partial charge in [0.15, 0.2) is 5.17 Å². The number of thioether (sulfide) groups is 1. The lowest BCUT2D eigenvalue weighted by Crippen LogP contribution is -2.25. The van der Waals surface area contributed by atoms with Crippen LogP contribution in [0.5, 0.6) is 0 Å². The SMILES string of the molecule is O=C1N/C(=N/N=C\c2ccc(-c3ccccc3)o2)S[C@@H]1Cc1ccccc1. The number of carbonyl (C=O) groups excluding carboxylic acids is 1. The zero-order valence-electron chi connectivity index (χ0n) is 14.4. The Hall–Kier alpha value is -3.12. The van der Waals surface area contributed by atoms with Gasteiger partial charge in [0.05, 0.1) is 11.5 Å². The summed E-state index contributed by atoms with van der Waals surface area (Å²) in [5, 5.41) is 11.2. The Kier molecular flexibility index (Phi) is 5.16. The van der Waals surface area contributed by atoms with Gasteiger partial charge < -0.3 is 9.73 Å². The van der Waals surface area contributed by atoms with Gasteiger partial charge in [0.1, 0.15) is 11.5 Å². The first-order valence-electron chi connectivity index (χ1n) is 8.56. The summed E-state index contributed by atoms with van der Waals surface area (Å²) in [4.78, 5) is 12.1. The third kappa shape index (κ3) is 4.35. The Balaban J connectivity index is 1.38. The van der Waals surface area contributed by atoms with E-state index in [4.69, 9.17) is 4.42 Å². The summed E-state index contributed by atoms with van der Waals surface area (Å²) >= 11 is 1.40. The maximum atomic E-state index is 12.1. The quantitative estimate of drug-likeness (QED) is 0.539. The molecule has 2 heterocycles. The van der Waals surface area contributed by atoms with E-state index in [1.54, 1.807) is 0 Å². The minimum absolute atomic E-state index is 0.0397. The lowest BCUT2D eigenvalue weighted by atomic mass is 10.1. The Bertz CT molecular complexity index is 981. The van der Waals surface area contributed by atoms with Crippen LogP contribution in [0.25, 0.3) is 11.3 Å². The summed E-state index contributed by atoms with van der Waals surface area (Å²) in [5.41, 5.74) is 2.13. The van der Waals surface area contributed by atoms with Crippen LogP contribution < -0.4 is 5.32 Å². The maximum absolute atomic E-state index is 12.1. The van der Waals surface area contributed by atoms with Gasteiger partial charge in [0.2, 0.25) is 5.91 Å². The molecule has 3 aromatic rings. The molecule has 4 rings (SSSR count). The van der Waals surface area contributed by atoms with Crippen LogP contribution in [-0.4, -0.2) is 22.5 Å². The minimum atomic E-state index is -0.186. The van der Waals surface area contributed by atoms with Crippen molar-refractivity contribution in [3.05, 3.63) is 84.1 Å². The van der Waals surface area contributed by atoms with Gasteiger partial charge in [-0.15, -0.1) is 5.10 Å². The first-order valence-corrected chi connectivity index (χ1v) is 9.43. The highest BCUT2D eigenvalue weighted by atomic mass is 32.2. The van der Waals surface area contributed by atoms with Crippen LogP contribution in [0, 0.1) is 0 Å². The first-order chi connectivity index (χ1) is 13.3. The molecule has 1 saturated heterocycles. The number of hydrogen-bond donors (Lipinski definition) is 1. The molecule has 0 saturated carbocycles. The molecule has 5 nitrogen and oxygen atoms in total. The molecule has 0 aliphatic carbocycles. The molecule has 0 bridgehead atoms. The molecular weight excluding hydrogens is 358 g/mol. The number of rotatable bonds is 5. The summed E-state index contributed by atoms with van der Waals surface area (Å²) in [6.45, 7) is 0. The van der Waals surface area contributed by atoms with Gasteiger partial charge in [-0.3, -0.25) is 4.79 Å². The van der Waals surface area contributed by atoms with Gasteiger partial charge >= 0.3 is 0 Å². The molecule has 0 spiro atoms. The predicted octanol–water partition coefficient (Wildman–Crippen LogP) is 4.11. The highest BCUT2D eigenvalue weighted by molar-refractivity contribution is 8.15. The number of hydrogen-bond acceptors (Lipinski definition) is 5. The van der Waals surface area contributed by atoms with Crippen molar-refractivity contribution in [3.8, 4) is 11.3 Å². The molecular formula is C21H17N3O2S. The van der Waals surface area contributed by atoms with Crippen molar-refractivity contribution in [1.82, 2.24) is 5.32 Å². The average Bonchev–Trinajstić information content (AvgIpc) is 3.31. The van der Waals surface area contributed by atoms with Gasteiger partial charge in [-0.2, -0.15) is 5.10 Å². The molecule has 2 aromatic carbocycles. The molecule has 0 unspecified atom stereocenters. The largest absolute Gasteiger partial charge is 0.455 e. The van der Waals surface area contributed by atoms with E-state index in [-0.39, 0.29) is 11.2 Å². The predicted molar refractivity (Wildman–Crippen MR) is 109 cm³/mol. The summed E-state index contributed by atoms with van der Waals surface area (Å²) < 4.78 is 5.74. The Labute approximate surface area is 161 Å². The fourth-order valence-corrected chi connectivity index (χ4v) is 3.70. The Morgan fingerprint density at radius 3 is 2.52 bits per heavy atom. The number of benzene rings is 2. The number of furan rings is 1. The zero-order chi connectivity index (χ0) is 18.5. The van der Waals surface area contributed by atoms with Crippen molar-refractivity contribution in [2.75, 3.05) is 0 Å². The fourth-order valence-electron chi connectivity index (χ4n) is 2.73. The van der Waals surface area contributed by atoms with Crippen molar-refractivity contribution in [1.29, 1.82) is 0 Å². The number of amides is 1. The van der Waals surface area contributed by atoms with Crippen LogP contribution in [0.1, 0.15) is 11.3 Å². The van der Waals surface area contributed by atoms with Crippen LogP contribution in [0.3, 0.4) is 0 Å². The highest BCUT2D eigenvalue weighted by Gasteiger charge is 2.30. The third-order valence-corrected chi connectivity index (χ3v) is 5.13. The summed E-state index contributed by atoms with van der Waals surface area (Å²) in [5.74, 6) is 1.34. The standard InChI is InChI=1S/C21H17N3O2S/c25-20-19(13-15-7-3-1-4-8-15)27-21(23-20)24-22-14-17-11-12-18(26-17)16-9-5-2-6-10-16/h1-12,14,19H,13H2,(H,23,24,25)/b22-14-/t19-/m1/s1. The second kappa shape index (κ2) is 8.05. The lowest BCUT2D eigenvalue weighted by molar-refractivity contribution is -0.118. The average molecular weight is 375 g/mol. The summed E-state index contributed by atoms with van der Waals surface area (Å²) in [6, 6.07) is 23.5. The van der Waals surface area contributed by atoms with E-state index in [0.29, 0.717) is 17.3 Å². The van der Waals surface area contributed by atoms with Crippen molar-refractivity contribution in [2.24, 2.45) is 10.2 Å². The van der Waals surface area contributed by atoms with Gasteiger partial charge in [0, 0.05) is 5.56 Å². The minimum Gasteiger partial charge on any atom is -0.455 e. The van der Waals surface area contributed by atoms with Gasteiger partial charge in [-0.1, -0.05) is 72.4 Å². The van der Waals surface area contributed by atoms with Gasteiger partial charge in [0.25, 0.3) is 0 Å². The van der Waals surface area contributed by atoms with Crippen molar-refractivity contribution >= 4 is 29.1 Å². The molecule has 0 radical (unpaired) electrons. The molecule has 1 aliphatic heterocycles. The molecule has 1 aromatic heterocycles. The molecule has 1 atom stereocenters. The van der Waals surface area contributed by atoms with E-state index in [2.05, 4.69) is 15.5 Å². The molecule has 134 valence electrons. The van der Waals surface area contributed by atoms with Crippen LogP contribution in [0.4, 0.5) is 0 Å². The Morgan fingerprint density at radius 1 is 1.00 bits per heavy atom. The molecule has 1 N–H and O–H groups in total. The third-order valence-electron chi connectivity index (χ3n) is 4.06. The lowest BCUT2D eigenvalue weighted by Gasteiger charge is -2.04. The summed E-state index contributed by atoms with van der Waals surface area (Å²) in [7, 11) is 0. The van der Waals surface area contributed by atoms with Crippen molar-refractivity contribution < 1.29 is 9.21 Å². The van der Waals surface area contributed by atoms with E-state index in [0.717, 1.165) is 16.9 Å². The number of nitrogens with zero attached hydrogens (tertiary/aromatic N) is 2. The van der Waals surface area contributed by atoms with Crippen LogP contribution in [-0.2, 0) is 11.2 Å². The Morgan fingerprint density at radius 2 is 1.74 bits per heavy atom. The monoisotopic (exact) mass is 375 g/mol. The smallest absolute Gasteiger partial charge is 0.239 e. The second-order valence-corrected chi connectivity index (χ2v) is 7.19. The molecule has 6 heteroatoms. The molecule has 1 amide bonds. The maximum Gasteiger partial charge on any atom is 0.239 e. The topological polar surface area (TPSA) is 67.0 Å². The van der Waals surface area contributed by atoms with Crippen LogP contribution in [0.2, 0.25) is 0 Å². The normalized spacial score (nSPS) is 18.3. The van der Waals surface area contributed by atoms with Gasteiger partial charge in [-0.25, -0.2) is 0 Å². The highest BCUT2D eigenvalue weighted by Crippen LogP contribution is 2.24. The number of amidine groups is 1. The summed E-state index contributed by atoms with van der Waals surface area (Å²) in [6.07, 6.45) is 2.20. The van der Waals surface area contributed by atoms with E-state index in [1.165, 1.54) is 18.0 Å². The van der Waals surface area contributed by atoms with Crippen molar-refractivity contribution in [3.63, 3.8) is 0 Å². The zero-order valence-corrected chi connectivity index (χ0v) is 15.2. The van der Waals surface area contributed by atoms with E-state index in [1.807, 2.05) is 72.8 Å².